The van der Waals surface area contributed by atoms with Crippen molar-refractivity contribution >= 4 is 23.4 Å². The summed E-state index contributed by atoms with van der Waals surface area (Å²) >= 11 is 0. The van der Waals surface area contributed by atoms with Crippen molar-refractivity contribution in [2.24, 2.45) is 0 Å². The molecule has 3 aromatic carbocycles. The van der Waals surface area contributed by atoms with Crippen LogP contribution in [0.25, 0.3) is 6.08 Å². The number of benzene rings is 3. The zero-order valence-electron chi connectivity index (χ0n) is 22.6. The molecule has 0 saturated carbocycles. The minimum Gasteiger partial charge on any atom is -0.494 e. The zero-order chi connectivity index (χ0) is 31.8. The number of hydrogen-bond donors (Lipinski definition) is 2. The summed E-state index contributed by atoms with van der Waals surface area (Å²) < 4.78 is 107. The molecule has 6 nitrogen and oxygen atoms in total. The fraction of sp³-hybridized carbons (Fsp3) is 0.267. The average molecular weight is 614 g/mol. The summed E-state index contributed by atoms with van der Waals surface area (Å²) in [5.41, 5.74) is 13.1. The lowest BCUT2D eigenvalue weighted by Crippen LogP contribution is -2.36. The molecule has 1 unspecified atom stereocenters. The second kappa shape index (κ2) is 13.7. The minimum absolute atomic E-state index is 0.00430. The largest absolute Gasteiger partial charge is 0.494 e. The second-order valence-corrected chi connectivity index (χ2v) is 9.42. The van der Waals surface area contributed by atoms with Crippen LogP contribution in [-0.2, 0) is 15.6 Å². The first-order valence-corrected chi connectivity index (χ1v) is 12.7. The summed E-state index contributed by atoms with van der Waals surface area (Å²) in [4.78, 5) is 12.1. The van der Waals surface area contributed by atoms with Gasteiger partial charge in [-0.25, -0.2) is 4.79 Å². The van der Waals surface area contributed by atoms with Crippen LogP contribution in [0.2, 0.25) is 0 Å². The lowest BCUT2D eigenvalue weighted by molar-refractivity contribution is -0.284. The van der Waals surface area contributed by atoms with Crippen LogP contribution in [0.5, 0.6) is 11.5 Å². The topological polar surface area (TPSA) is 96.8 Å². The molecule has 13 heteroatoms. The third kappa shape index (κ3) is 9.55. The van der Waals surface area contributed by atoms with Gasteiger partial charge >= 0.3 is 24.2 Å². The molecule has 0 aromatic heterocycles. The molecule has 3 rings (SSSR count). The molecule has 4 N–H and O–H groups in total. The van der Waals surface area contributed by atoms with Gasteiger partial charge in [0.15, 0.2) is 0 Å². The highest BCUT2D eigenvalue weighted by Gasteiger charge is 2.56. The van der Waals surface area contributed by atoms with Crippen molar-refractivity contribution in [3.63, 3.8) is 0 Å². The molecular formula is C30H28F7N2O4. The molecule has 0 saturated heterocycles. The third-order valence-electron chi connectivity index (χ3n) is 6.02. The minimum atomic E-state index is -5.65. The van der Waals surface area contributed by atoms with Crippen molar-refractivity contribution in [2.45, 2.75) is 37.0 Å². The molecule has 0 bridgehead atoms. The first kappa shape index (κ1) is 33.1. The number of ether oxygens (including phenoxy) is 3. The number of halogens is 7. The molecular weight excluding hydrogens is 585 g/mol. The van der Waals surface area contributed by atoms with Crippen LogP contribution in [0.15, 0.2) is 72.8 Å². The van der Waals surface area contributed by atoms with Gasteiger partial charge in [0, 0.05) is 29.8 Å². The molecule has 0 amide bonds. The Morgan fingerprint density at radius 2 is 1.51 bits per heavy atom. The van der Waals surface area contributed by atoms with E-state index in [9.17, 15) is 35.5 Å². The van der Waals surface area contributed by atoms with E-state index < -0.39 is 55.1 Å². The second-order valence-electron chi connectivity index (χ2n) is 9.42. The number of alkyl halides is 7. The van der Waals surface area contributed by atoms with E-state index in [2.05, 4.69) is 6.92 Å². The summed E-state index contributed by atoms with van der Waals surface area (Å²) in [7, 11) is 0. The van der Waals surface area contributed by atoms with E-state index in [1.54, 1.807) is 18.2 Å². The molecule has 0 aliphatic heterocycles. The Morgan fingerprint density at radius 1 is 0.884 bits per heavy atom. The van der Waals surface area contributed by atoms with E-state index in [-0.39, 0.29) is 18.1 Å². The van der Waals surface area contributed by atoms with Gasteiger partial charge in [-0.2, -0.15) is 30.7 Å². The van der Waals surface area contributed by atoms with Crippen molar-refractivity contribution in [1.29, 1.82) is 0 Å². The van der Waals surface area contributed by atoms with Gasteiger partial charge in [-0.1, -0.05) is 18.2 Å². The van der Waals surface area contributed by atoms with Crippen molar-refractivity contribution in [3.8, 4) is 11.5 Å². The van der Waals surface area contributed by atoms with Crippen LogP contribution < -0.4 is 20.9 Å². The number of rotatable bonds is 13. The summed E-state index contributed by atoms with van der Waals surface area (Å²) in [5, 5.41) is 0. The number of carbonyl (C=O) groups excluding carboxylic acids is 1. The van der Waals surface area contributed by atoms with Crippen LogP contribution in [0.3, 0.4) is 0 Å². The summed E-state index contributed by atoms with van der Waals surface area (Å²) in [6, 6.07) is 14.5. The SMILES string of the molecule is [CH2]C(COC(=O)/C=C/c1ccc(OC(F)(F)c2ccc(OCCCC(F)(F)C(F)(F)F)cc2)cc1)c1ccc(N)cc1N. The Labute approximate surface area is 243 Å². The number of hydrogen-bond acceptors (Lipinski definition) is 6. The van der Waals surface area contributed by atoms with Crippen molar-refractivity contribution < 1.29 is 49.7 Å². The quantitative estimate of drug-likeness (QED) is 0.0681. The molecule has 0 fully saturated rings. The lowest BCUT2D eigenvalue weighted by Gasteiger charge is -2.20. The molecule has 0 spiro atoms. The summed E-state index contributed by atoms with van der Waals surface area (Å²) in [5.74, 6) is -6.10. The van der Waals surface area contributed by atoms with Crippen molar-refractivity contribution in [2.75, 3.05) is 24.7 Å². The van der Waals surface area contributed by atoms with Gasteiger partial charge in [0.2, 0.25) is 0 Å². The number of nitrogens with two attached hydrogens (primary N) is 2. The van der Waals surface area contributed by atoms with E-state index in [4.69, 9.17) is 25.7 Å². The van der Waals surface area contributed by atoms with Gasteiger partial charge in [0.25, 0.3) is 0 Å². The Balaban J connectivity index is 1.47. The van der Waals surface area contributed by atoms with Crippen LogP contribution in [-0.4, -0.2) is 31.3 Å². The van der Waals surface area contributed by atoms with Gasteiger partial charge in [-0.15, -0.1) is 0 Å². The van der Waals surface area contributed by atoms with E-state index in [0.29, 0.717) is 22.5 Å². The molecule has 0 aliphatic rings. The highest BCUT2D eigenvalue weighted by atomic mass is 19.4. The molecule has 0 aliphatic carbocycles. The standard InChI is InChI=1S/C30H28F7N2O4/c1-19(25-13-8-22(38)17-26(25)39)18-42-27(40)14-5-20-3-9-24(10-4-20)43-29(33,34)21-6-11-23(12-7-21)41-16-2-15-28(31,32)30(35,36)37/h3-14,17,19H,1-2,15-16,18,38-39H2/b14-5+. The lowest BCUT2D eigenvalue weighted by atomic mass is 10.00. The molecule has 0 heterocycles. The van der Waals surface area contributed by atoms with Gasteiger partial charge in [-0.3, -0.25) is 0 Å². The monoisotopic (exact) mass is 613 g/mol. The van der Waals surface area contributed by atoms with Gasteiger partial charge in [0.05, 0.1) is 18.8 Å². The number of carbonyl (C=O) groups is 1. The maximum absolute atomic E-state index is 14.6. The van der Waals surface area contributed by atoms with E-state index in [1.165, 1.54) is 30.3 Å². The van der Waals surface area contributed by atoms with Gasteiger partial charge < -0.3 is 25.7 Å². The summed E-state index contributed by atoms with van der Waals surface area (Å²) in [6.45, 7) is 3.42. The zero-order valence-corrected chi connectivity index (χ0v) is 22.6. The number of nitrogen functional groups attached to an aromatic ring is 2. The highest BCUT2D eigenvalue weighted by molar-refractivity contribution is 5.87. The Hall–Kier alpha value is -4.42. The van der Waals surface area contributed by atoms with Crippen LogP contribution in [0.1, 0.15) is 35.4 Å². The molecule has 1 radical (unpaired) electrons. The first-order valence-electron chi connectivity index (χ1n) is 12.7. The smallest absolute Gasteiger partial charge is 0.453 e. The maximum Gasteiger partial charge on any atom is 0.453 e. The first-order chi connectivity index (χ1) is 20.1. The van der Waals surface area contributed by atoms with Gasteiger partial charge in [0.1, 0.15) is 11.5 Å². The van der Waals surface area contributed by atoms with Crippen molar-refractivity contribution in [3.05, 3.63) is 96.4 Å². The Bertz CT molecular complexity index is 1390. The average Bonchev–Trinajstić information content (AvgIpc) is 2.93. The Morgan fingerprint density at radius 3 is 2.12 bits per heavy atom. The molecule has 231 valence electrons. The summed E-state index contributed by atoms with van der Waals surface area (Å²) in [6.07, 6.45) is -8.91. The highest BCUT2D eigenvalue weighted by Crippen LogP contribution is 2.39. The molecule has 3 aromatic rings. The molecule has 1 atom stereocenters. The maximum atomic E-state index is 14.6. The molecule has 43 heavy (non-hydrogen) atoms. The van der Waals surface area contributed by atoms with E-state index >= 15 is 0 Å². The fourth-order valence-electron chi connectivity index (χ4n) is 3.67. The Kier molecular flexibility index (Phi) is 10.5. The predicted molar refractivity (Wildman–Crippen MR) is 146 cm³/mol. The van der Waals surface area contributed by atoms with Gasteiger partial charge in [-0.05, 0) is 79.1 Å². The number of anilines is 2. The van der Waals surface area contributed by atoms with Crippen LogP contribution in [0, 0.1) is 6.92 Å². The van der Waals surface area contributed by atoms with E-state index in [1.807, 2.05) is 0 Å². The number of esters is 1. The predicted octanol–water partition coefficient (Wildman–Crippen LogP) is 7.51. The van der Waals surface area contributed by atoms with Crippen molar-refractivity contribution in [1.82, 2.24) is 0 Å². The van der Waals surface area contributed by atoms with Crippen LogP contribution in [0.4, 0.5) is 42.1 Å². The van der Waals surface area contributed by atoms with Crippen LogP contribution >= 0.6 is 0 Å². The van der Waals surface area contributed by atoms with E-state index in [0.717, 1.165) is 30.3 Å². The fourth-order valence-corrected chi connectivity index (χ4v) is 3.67. The normalized spacial score (nSPS) is 13.1. The third-order valence-corrected chi connectivity index (χ3v) is 6.02.